The van der Waals surface area contributed by atoms with Crippen molar-refractivity contribution in [1.82, 2.24) is 5.32 Å². The first-order valence-corrected chi connectivity index (χ1v) is 15.5. The molecule has 0 aliphatic rings. The number of aliphatic carboxylic acids is 1. The molecule has 0 saturated carbocycles. The van der Waals surface area contributed by atoms with Crippen molar-refractivity contribution in [2.75, 3.05) is 16.9 Å². The summed E-state index contributed by atoms with van der Waals surface area (Å²) in [6.07, 6.45) is 2.08. The minimum absolute atomic E-state index is 0. The van der Waals surface area contributed by atoms with E-state index in [2.05, 4.69) is 5.32 Å². The predicted octanol–water partition coefficient (Wildman–Crippen LogP) is 2.96. The van der Waals surface area contributed by atoms with Crippen molar-refractivity contribution in [3.63, 3.8) is 0 Å². The first-order valence-electron chi connectivity index (χ1n) is 14.1. The first kappa shape index (κ1) is 35.6. The van der Waals surface area contributed by atoms with Gasteiger partial charge in [0.25, 0.3) is 5.91 Å². The smallest absolute Gasteiger partial charge is 0.548 e. The summed E-state index contributed by atoms with van der Waals surface area (Å²) in [5.74, 6) is -2.78. The molecule has 45 heavy (non-hydrogen) atoms. The Balaban J connectivity index is 0.00000552. The van der Waals surface area contributed by atoms with E-state index in [1.165, 1.54) is 30.8 Å². The molecule has 0 aliphatic heterocycles. The van der Waals surface area contributed by atoms with Crippen LogP contribution in [0.15, 0.2) is 84.9 Å². The van der Waals surface area contributed by atoms with Crippen molar-refractivity contribution in [3.8, 4) is 11.1 Å². The number of Topliss-reactive ketones (excluding diaryl/α,β-unsaturated/α-hetero) is 1. The fraction of sp³-hybridized carbons (Fsp3) is 0.229. The Morgan fingerprint density at radius 1 is 0.867 bits per heavy atom. The second-order valence-electron chi connectivity index (χ2n) is 10.6. The van der Waals surface area contributed by atoms with Gasteiger partial charge in [-0.1, -0.05) is 30.3 Å². The third-order valence-electron chi connectivity index (χ3n) is 7.27. The standard InChI is InChI=1S/C35H34F2N2O4S.Li/c1-22-6-4-5-7-30(22)32-18-24(8-13-31(32)34(41)38-33(35(42)43)14-15-44-3)20-39(21-25-16-27(36)19-28(37)17-25)29-11-9-26(10-12-29)23(2)40;/h4-13,16-19,33H,14-15,20-21H2,1-3H3,(H,38,41)(H,42,43);/q;+1/p-1. The second kappa shape index (κ2) is 16.4. The van der Waals surface area contributed by atoms with Crippen molar-refractivity contribution in [1.29, 1.82) is 0 Å². The molecule has 1 amide bonds. The largest absolute Gasteiger partial charge is 1.00 e. The monoisotopic (exact) mass is 622 g/mol. The van der Waals surface area contributed by atoms with Crippen LogP contribution in [0.1, 0.15) is 50.8 Å². The summed E-state index contributed by atoms with van der Waals surface area (Å²) in [7, 11) is 0. The minimum atomic E-state index is -1.35. The summed E-state index contributed by atoms with van der Waals surface area (Å²) in [5, 5.41) is 14.4. The van der Waals surface area contributed by atoms with Gasteiger partial charge in [0.15, 0.2) is 5.78 Å². The molecule has 1 atom stereocenters. The van der Waals surface area contributed by atoms with Gasteiger partial charge in [-0.2, -0.15) is 11.8 Å². The van der Waals surface area contributed by atoms with Gasteiger partial charge < -0.3 is 20.1 Å². The van der Waals surface area contributed by atoms with Gasteiger partial charge in [0, 0.05) is 36.0 Å². The molecule has 0 radical (unpaired) electrons. The van der Waals surface area contributed by atoms with Crippen LogP contribution < -0.4 is 34.2 Å². The third kappa shape index (κ3) is 9.54. The summed E-state index contributed by atoms with van der Waals surface area (Å²) in [6.45, 7) is 3.87. The molecule has 4 aromatic carbocycles. The van der Waals surface area contributed by atoms with Crippen molar-refractivity contribution >= 4 is 35.1 Å². The number of ketones is 1. The summed E-state index contributed by atoms with van der Waals surface area (Å²) >= 11 is 1.48. The van der Waals surface area contributed by atoms with E-state index >= 15 is 0 Å². The van der Waals surface area contributed by atoms with Gasteiger partial charge in [0.05, 0.1) is 12.0 Å². The quantitative estimate of drug-likeness (QED) is 0.182. The third-order valence-corrected chi connectivity index (χ3v) is 7.92. The number of carboxylic acid groups (broad SMARTS) is 1. The number of thioether (sulfide) groups is 1. The zero-order chi connectivity index (χ0) is 31.8. The van der Waals surface area contributed by atoms with E-state index in [9.17, 15) is 28.3 Å². The number of anilines is 1. The molecule has 1 unspecified atom stereocenters. The predicted molar refractivity (Wildman–Crippen MR) is 169 cm³/mol. The molecule has 0 heterocycles. The molecule has 1 N–H and O–H groups in total. The minimum Gasteiger partial charge on any atom is -0.548 e. The van der Waals surface area contributed by atoms with E-state index in [0.29, 0.717) is 34.6 Å². The van der Waals surface area contributed by atoms with Crippen LogP contribution >= 0.6 is 11.8 Å². The van der Waals surface area contributed by atoms with Crippen molar-refractivity contribution in [2.45, 2.75) is 39.4 Å². The molecule has 0 bridgehead atoms. The molecule has 0 spiro atoms. The first-order chi connectivity index (χ1) is 21.0. The number of halogens is 2. The van der Waals surface area contributed by atoms with Gasteiger partial charge in [0.1, 0.15) is 11.6 Å². The van der Waals surface area contributed by atoms with E-state index in [1.54, 1.807) is 36.4 Å². The van der Waals surface area contributed by atoms with Gasteiger partial charge >= 0.3 is 18.9 Å². The SMILES string of the molecule is CSCCC(NC(=O)c1ccc(CN(Cc2cc(F)cc(F)c2)c2ccc(C(C)=O)cc2)cc1-c1ccccc1C)C(=O)[O-].[Li+]. The van der Waals surface area contributed by atoms with Crippen LogP contribution in [0.3, 0.4) is 0 Å². The molecular weight excluding hydrogens is 589 g/mol. The van der Waals surface area contributed by atoms with Crippen LogP contribution in [0.25, 0.3) is 11.1 Å². The Morgan fingerprint density at radius 3 is 2.11 bits per heavy atom. The number of amides is 1. The van der Waals surface area contributed by atoms with E-state index in [1.807, 2.05) is 48.4 Å². The van der Waals surface area contributed by atoms with E-state index in [0.717, 1.165) is 28.4 Å². The summed E-state index contributed by atoms with van der Waals surface area (Å²) in [6, 6.07) is 22.1. The summed E-state index contributed by atoms with van der Waals surface area (Å²) < 4.78 is 28.2. The Bertz CT molecular complexity index is 1650. The maximum absolute atomic E-state index is 14.1. The van der Waals surface area contributed by atoms with E-state index < -0.39 is 29.6 Å². The van der Waals surface area contributed by atoms with Gasteiger partial charge in [-0.05, 0) is 109 Å². The molecule has 0 saturated heterocycles. The molecule has 4 rings (SSSR count). The molecule has 0 fully saturated rings. The van der Waals surface area contributed by atoms with Gasteiger partial charge in [-0.25, -0.2) is 8.78 Å². The average Bonchev–Trinajstić information content (AvgIpc) is 2.98. The van der Waals surface area contributed by atoms with Gasteiger partial charge in [-0.3, -0.25) is 9.59 Å². The Morgan fingerprint density at radius 2 is 1.51 bits per heavy atom. The maximum atomic E-state index is 14.1. The van der Waals surface area contributed by atoms with Crippen LogP contribution in [-0.2, 0) is 17.9 Å². The number of carbonyl (C=O) groups is 3. The van der Waals surface area contributed by atoms with Crippen LogP contribution in [-0.4, -0.2) is 35.7 Å². The average molecular weight is 623 g/mol. The number of benzene rings is 4. The molecular formula is C35H33F2LiN2O4S. The number of nitrogens with one attached hydrogen (secondary N) is 1. The van der Waals surface area contributed by atoms with E-state index in [4.69, 9.17) is 0 Å². The number of rotatable bonds is 13. The maximum Gasteiger partial charge on any atom is 1.00 e. The topological polar surface area (TPSA) is 89.5 Å². The number of nitrogens with zero attached hydrogens (tertiary/aromatic N) is 1. The van der Waals surface area contributed by atoms with Crippen LogP contribution in [0.2, 0.25) is 0 Å². The van der Waals surface area contributed by atoms with Gasteiger partial charge in [-0.15, -0.1) is 0 Å². The summed E-state index contributed by atoms with van der Waals surface area (Å²) in [4.78, 5) is 39.0. The number of hydrogen-bond acceptors (Lipinski definition) is 6. The molecule has 0 aromatic heterocycles. The Kier molecular flexibility index (Phi) is 13.0. The van der Waals surface area contributed by atoms with E-state index in [-0.39, 0.29) is 37.6 Å². The molecule has 0 aliphatic carbocycles. The normalized spacial score (nSPS) is 11.3. The molecule has 228 valence electrons. The second-order valence-corrected chi connectivity index (χ2v) is 11.5. The number of carboxylic acids is 1. The van der Waals surface area contributed by atoms with Crippen molar-refractivity contribution < 1.29 is 47.1 Å². The number of hydrogen-bond donors (Lipinski definition) is 1. The van der Waals surface area contributed by atoms with Crippen LogP contribution in [0.4, 0.5) is 14.5 Å². The van der Waals surface area contributed by atoms with Crippen LogP contribution in [0.5, 0.6) is 0 Å². The molecule has 10 heteroatoms. The zero-order valence-corrected chi connectivity index (χ0v) is 26.5. The summed E-state index contributed by atoms with van der Waals surface area (Å²) in [5.41, 5.74) is 5.13. The van der Waals surface area contributed by atoms with Crippen LogP contribution in [0, 0.1) is 18.6 Å². The number of aryl methyl sites for hydroxylation is 1. The number of carbonyl (C=O) groups excluding carboxylic acids is 3. The van der Waals surface area contributed by atoms with Gasteiger partial charge in [0.2, 0.25) is 0 Å². The Hall–Kier alpha value is -3.90. The fourth-order valence-electron chi connectivity index (χ4n) is 4.99. The zero-order valence-electron chi connectivity index (χ0n) is 25.7. The molecule has 6 nitrogen and oxygen atoms in total. The Labute approximate surface area is 278 Å². The molecule has 4 aromatic rings. The van der Waals surface area contributed by atoms with Crippen molar-refractivity contribution in [3.05, 3.63) is 124 Å². The van der Waals surface area contributed by atoms with Crippen molar-refractivity contribution in [2.24, 2.45) is 0 Å². The fourth-order valence-corrected chi connectivity index (χ4v) is 5.47.